The van der Waals surface area contributed by atoms with E-state index < -0.39 is 27.8 Å². The summed E-state index contributed by atoms with van der Waals surface area (Å²) in [6.45, 7) is 0. The molecule has 1 atom stereocenters. The highest BCUT2D eigenvalue weighted by molar-refractivity contribution is 7.89. The fourth-order valence-electron chi connectivity index (χ4n) is 2.62. The van der Waals surface area contributed by atoms with Gasteiger partial charge in [0.25, 0.3) is 5.91 Å². The van der Waals surface area contributed by atoms with Crippen LogP contribution in [-0.2, 0) is 10.0 Å². The number of nitrogens with one attached hydrogen (secondary N) is 2. The van der Waals surface area contributed by atoms with Crippen molar-refractivity contribution in [2.24, 2.45) is 0 Å². The number of halogens is 1. The summed E-state index contributed by atoms with van der Waals surface area (Å²) in [5.41, 5.74) is 0.0312. The maximum Gasteiger partial charge on any atom is 0.252 e. The van der Waals surface area contributed by atoms with Gasteiger partial charge in [0.1, 0.15) is 22.5 Å². The number of benzene rings is 2. The van der Waals surface area contributed by atoms with Gasteiger partial charge in [-0.05, 0) is 37.1 Å². The number of carbonyl (C=O) groups excluding carboxylic acids is 1. The number of sulfonamides is 1. The molecule has 1 amide bonds. The molecule has 1 aliphatic rings. The van der Waals surface area contributed by atoms with Gasteiger partial charge in [-0.1, -0.05) is 18.2 Å². The van der Waals surface area contributed by atoms with Crippen molar-refractivity contribution >= 4 is 15.9 Å². The Bertz CT molecular complexity index is 1050. The van der Waals surface area contributed by atoms with E-state index in [1.54, 1.807) is 6.07 Å². The molecular weight excluding hydrogens is 385 g/mol. The van der Waals surface area contributed by atoms with Gasteiger partial charge in [0.15, 0.2) is 0 Å². The van der Waals surface area contributed by atoms with Gasteiger partial charge >= 0.3 is 0 Å². The minimum atomic E-state index is -3.87. The van der Waals surface area contributed by atoms with Crippen LogP contribution in [0.5, 0.6) is 5.75 Å². The molecule has 9 heteroatoms. The predicted octanol–water partition coefficient (Wildman–Crippen LogP) is 2.27. The van der Waals surface area contributed by atoms with Crippen molar-refractivity contribution in [2.75, 3.05) is 7.11 Å². The number of nitriles is 1. The second-order valence-electron chi connectivity index (χ2n) is 6.32. The van der Waals surface area contributed by atoms with E-state index in [0.717, 1.165) is 12.8 Å². The molecule has 0 bridgehead atoms. The number of hydrogen-bond acceptors (Lipinski definition) is 5. The normalized spacial score (nSPS) is 14.8. The Morgan fingerprint density at radius 3 is 2.61 bits per heavy atom. The molecule has 28 heavy (non-hydrogen) atoms. The lowest BCUT2D eigenvalue weighted by molar-refractivity contribution is 0.0944. The van der Waals surface area contributed by atoms with Crippen LogP contribution in [0.2, 0.25) is 0 Å². The largest absolute Gasteiger partial charge is 0.495 e. The number of rotatable bonds is 7. The Labute approximate surface area is 162 Å². The molecule has 0 spiro atoms. The van der Waals surface area contributed by atoms with E-state index in [1.165, 1.54) is 43.5 Å². The molecule has 0 heterocycles. The summed E-state index contributed by atoms with van der Waals surface area (Å²) >= 11 is 0. The molecule has 0 aliphatic heterocycles. The van der Waals surface area contributed by atoms with E-state index in [4.69, 9.17) is 4.74 Å². The van der Waals surface area contributed by atoms with Gasteiger partial charge in [-0.2, -0.15) is 5.26 Å². The summed E-state index contributed by atoms with van der Waals surface area (Å²) in [5, 5.41) is 11.7. The number of nitrogens with zero attached hydrogens (tertiary/aromatic N) is 1. The van der Waals surface area contributed by atoms with Crippen LogP contribution in [0, 0.1) is 17.1 Å². The molecule has 7 nitrogen and oxygen atoms in total. The van der Waals surface area contributed by atoms with Crippen molar-refractivity contribution < 1.29 is 22.3 Å². The van der Waals surface area contributed by atoms with E-state index in [0.29, 0.717) is 0 Å². The third-order valence-corrected chi connectivity index (χ3v) is 5.78. The minimum absolute atomic E-state index is 0.00793. The summed E-state index contributed by atoms with van der Waals surface area (Å²) in [7, 11) is -2.54. The van der Waals surface area contributed by atoms with Crippen LogP contribution in [-0.4, -0.2) is 27.5 Å². The molecule has 3 rings (SSSR count). The molecule has 2 aromatic carbocycles. The second-order valence-corrected chi connectivity index (χ2v) is 8.00. The molecule has 0 saturated heterocycles. The molecule has 1 saturated carbocycles. The Balaban J connectivity index is 1.88. The first-order valence-electron chi connectivity index (χ1n) is 8.51. The second kappa shape index (κ2) is 7.96. The van der Waals surface area contributed by atoms with Crippen molar-refractivity contribution in [3.05, 3.63) is 59.4 Å². The fraction of sp³-hybridized carbons (Fsp3) is 0.263. The highest BCUT2D eigenvalue weighted by Crippen LogP contribution is 2.28. The lowest BCUT2D eigenvalue weighted by atomic mass is 10.1. The summed E-state index contributed by atoms with van der Waals surface area (Å²) in [6, 6.07) is 10.0. The van der Waals surface area contributed by atoms with Crippen LogP contribution in [0.4, 0.5) is 4.39 Å². The molecule has 1 unspecified atom stereocenters. The molecule has 2 N–H and O–H groups in total. The lowest BCUT2D eigenvalue weighted by Crippen LogP contribution is -2.29. The molecule has 0 radical (unpaired) electrons. The maximum absolute atomic E-state index is 13.9. The standard InChI is InChI=1S/C19H18FN3O4S/c1-27-17-9-6-12(10-18(17)28(25,26)23-13-7-8-13)19(24)22-16(11-21)14-4-2-3-5-15(14)20/h2-6,9-10,13,16,23H,7-8H2,1H3,(H,22,24). The number of amides is 1. The third-order valence-electron chi connectivity index (χ3n) is 4.24. The summed E-state index contributed by atoms with van der Waals surface area (Å²) in [5.74, 6) is -1.24. The molecule has 1 aliphatic carbocycles. The summed E-state index contributed by atoms with van der Waals surface area (Å²) in [6.07, 6.45) is 1.52. The van der Waals surface area contributed by atoms with E-state index in [1.807, 2.05) is 6.07 Å². The first-order valence-corrected chi connectivity index (χ1v) is 9.99. The van der Waals surface area contributed by atoms with Crippen molar-refractivity contribution in [1.29, 1.82) is 5.26 Å². The van der Waals surface area contributed by atoms with Gasteiger partial charge in [0.2, 0.25) is 10.0 Å². The number of carbonyl (C=O) groups is 1. The van der Waals surface area contributed by atoms with Crippen LogP contribution >= 0.6 is 0 Å². The topological polar surface area (TPSA) is 108 Å². The minimum Gasteiger partial charge on any atom is -0.495 e. The third kappa shape index (κ3) is 4.30. The van der Waals surface area contributed by atoms with Crippen LogP contribution < -0.4 is 14.8 Å². The van der Waals surface area contributed by atoms with Crippen molar-refractivity contribution in [3.63, 3.8) is 0 Å². The van der Waals surface area contributed by atoms with Crippen LogP contribution in [0.3, 0.4) is 0 Å². The van der Waals surface area contributed by atoms with E-state index in [-0.39, 0.29) is 27.8 Å². The first-order chi connectivity index (χ1) is 13.4. The SMILES string of the molecule is COc1ccc(C(=O)NC(C#N)c2ccccc2F)cc1S(=O)(=O)NC1CC1. The smallest absolute Gasteiger partial charge is 0.252 e. The summed E-state index contributed by atoms with van der Waals surface area (Å²) in [4.78, 5) is 12.4. The van der Waals surface area contributed by atoms with Gasteiger partial charge in [-0.25, -0.2) is 17.5 Å². The predicted molar refractivity (Wildman–Crippen MR) is 98.6 cm³/mol. The van der Waals surface area contributed by atoms with Gasteiger partial charge in [0.05, 0.1) is 13.2 Å². The van der Waals surface area contributed by atoms with E-state index in [2.05, 4.69) is 10.0 Å². The quantitative estimate of drug-likeness (QED) is 0.737. The van der Waals surface area contributed by atoms with Gasteiger partial charge in [-0.3, -0.25) is 4.79 Å². The monoisotopic (exact) mass is 403 g/mol. The van der Waals surface area contributed by atoms with Crippen LogP contribution in [0.15, 0.2) is 47.4 Å². The van der Waals surface area contributed by atoms with E-state index in [9.17, 15) is 22.9 Å². The van der Waals surface area contributed by atoms with E-state index >= 15 is 0 Å². The zero-order valence-corrected chi connectivity index (χ0v) is 15.8. The molecule has 1 fully saturated rings. The molecule has 0 aromatic heterocycles. The highest BCUT2D eigenvalue weighted by atomic mass is 32.2. The van der Waals surface area contributed by atoms with Crippen molar-refractivity contribution in [1.82, 2.24) is 10.0 Å². The number of hydrogen-bond donors (Lipinski definition) is 2. The highest BCUT2D eigenvalue weighted by Gasteiger charge is 2.30. The first kappa shape index (κ1) is 19.8. The molecule has 146 valence electrons. The molecular formula is C19H18FN3O4S. The molecule has 2 aromatic rings. The number of methoxy groups -OCH3 is 1. The lowest BCUT2D eigenvalue weighted by Gasteiger charge is -2.15. The van der Waals surface area contributed by atoms with Crippen molar-refractivity contribution in [2.45, 2.75) is 29.8 Å². The van der Waals surface area contributed by atoms with Crippen LogP contribution in [0.1, 0.15) is 34.8 Å². The Morgan fingerprint density at radius 2 is 2.00 bits per heavy atom. The van der Waals surface area contributed by atoms with Crippen molar-refractivity contribution in [3.8, 4) is 11.8 Å². The van der Waals surface area contributed by atoms with Crippen LogP contribution in [0.25, 0.3) is 0 Å². The fourth-order valence-corrected chi connectivity index (χ4v) is 4.12. The summed E-state index contributed by atoms with van der Waals surface area (Å²) < 4.78 is 46.7. The average molecular weight is 403 g/mol. The van der Waals surface area contributed by atoms with Gasteiger partial charge < -0.3 is 10.1 Å². The zero-order valence-electron chi connectivity index (χ0n) is 15.0. The average Bonchev–Trinajstić information content (AvgIpc) is 3.49. The Morgan fingerprint density at radius 1 is 1.29 bits per heavy atom. The van der Waals surface area contributed by atoms with Gasteiger partial charge in [-0.15, -0.1) is 0 Å². The zero-order chi connectivity index (χ0) is 20.3. The Hall–Kier alpha value is -2.96. The van der Waals surface area contributed by atoms with Gasteiger partial charge in [0, 0.05) is 17.2 Å². The Kier molecular flexibility index (Phi) is 5.63. The maximum atomic E-state index is 13.9. The number of ether oxygens (including phenoxy) is 1.